The van der Waals surface area contributed by atoms with Crippen LogP contribution in [0.3, 0.4) is 0 Å². The molecule has 2 N–H and O–H groups in total. The number of ether oxygens (including phenoxy) is 1. The summed E-state index contributed by atoms with van der Waals surface area (Å²) in [5.74, 6) is 0.654. The first kappa shape index (κ1) is 24.6. The van der Waals surface area contributed by atoms with Crippen molar-refractivity contribution in [1.29, 1.82) is 5.26 Å². The number of nitrogens with zero attached hydrogens (tertiary/aromatic N) is 1. The number of benzene rings is 2. The number of amides is 1. The Bertz CT molecular complexity index is 1240. The molecule has 0 unspecified atom stereocenters. The molecule has 1 atom stereocenters. The lowest BCUT2D eigenvalue weighted by atomic mass is 9.76. The number of hydrogen-bond acceptors (Lipinski definition) is 6. The number of thioether (sulfide) groups is 1. The Kier molecular flexibility index (Phi) is 7.62. The van der Waals surface area contributed by atoms with Crippen LogP contribution in [0, 0.1) is 11.3 Å². The van der Waals surface area contributed by atoms with Gasteiger partial charge in [0.25, 0.3) is 0 Å². The zero-order valence-electron chi connectivity index (χ0n) is 20.2. The molecule has 1 aliphatic carbocycles. The van der Waals surface area contributed by atoms with Crippen LogP contribution in [0.2, 0.25) is 0 Å². The van der Waals surface area contributed by atoms with Crippen molar-refractivity contribution in [2.45, 2.75) is 44.9 Å². The molecule has 6 nitrogen and oxygen atoms in total. The summed E-state index contributed by atoms with van der Waals surface area (Å²) in [6.45, 7) is 4.27. The monoisotopic (exact) mass is 487 g/mol. The van der Waals surface area contributed by atoms with E-state index in [4.69, 9.17) is 4.74 Å². The first-order valence-electron chi connectivity index (χ1n) is 11.7. The second kappa shape index (κ2) is 10.8. The second-order valence-corrected chi connectivity index (χ2v) is 9.96. The smallest absolute Gasteiger partial charge is 0.234 e. The van der Waals surface area contributed by atoms with E-state index in [9.17, 15) is 14.9 Å². The van der Waals surface area contributed by atoms with Crippen molar-refractivity contribution in [3.05, 3.63) is 81.5 Å². The van der Waals surface area contributed by atoms with E-state index in [1.807, 2.05) is 24.3 Å². The predicted molar refractivity (Wildman–Crippen MR) is 139 cm³/mol. The van der Waals surface area contributed by atoms with Crippen molar-refractivity contribution in [3.63, 3.8) is 0 Å². The maximum absolute atomic E-state index is 13.0. The van der Waals surface area contributed by atoms with Gasteiger partial charge in [0, 0.05) is 29.4 Å². The highest BCUT2D eigenvalue weighted by Gasteiger charge is 2.37. The number of allylic oxidation sites excluding steroid dienone is 3. The van der Waals surface area contributed by atoms with E-state index in [1.165, 1.54) is 17.3 Å². The predicted octanol–water partition coefficient (Wildman–Crippen LogP) is 5.62. The number of nitrogens with one attached hydrogen (secondary N) is 2. The number of hydrogen-bond donors (Lipinski definition) is 2. The number of methoxy groups -OCH3 is 1. The van der Waals surface area contributed by atoms with Crippen LogP contribution in [0.4, 0.5) is 5.69 Å². The quantitative estimate of drug-likeness (QED) is 0.527. The summed E-state index contributed by atoms with van der Waals surface area (Å²) < 4.78 is 5.21. The highest BCUT2D eigenvalue weighted by Crippen LogP contribution is 2.44. The summed E-state index contributed by atoms with van der Waals surface area (Å²) in [5, 5.41) is 17.0. The molecule has 35 heavy (non-hydrogen) atoms. The lowest BCUT2D eigenvalue weighted by Crippen LogP contribution is -2.31. The molecule has 0 aromatic heterocycles. The van der Waals surface area contributed by atoms with E-state index in [-0.39, 0.29) is 17.4 Å². The van der Waals surface area contributed by atoms with Crippen molar-refractivity contribution in [2.75, 3.05) is 18.2 Å². The summed E-state index contributed by atoms with van der Waals surface area (Å²) in [6, 6.07) is 17.7. The molecule has 180 valence electrons. The first-order chi connectivity index (χ1) is 16.9. The third-order valence-corrected chi connectivity index (χ3v) is 7.32. The van der Waals surface area contributed by atoms with Gasteiger partial charge >= 0.3 is 0 Å². The first-order valence-corrected chi connectivity index (χ1v) is 12.7. The van der Waals surface area contributed by atoms with Gasteiger partial charge in [-0.15, -0.1) is 0 Å². The van der Waals surface area contributed by atoms with E-state index in [2.05, 4.69) is 42.7 Å². The van der Waals surface area contributed by atoms with E-state index >= 15 is 0 Å². The molecule has 4 rings (SSSR count). The van der Waals surface area contributed by atoms with Crippen molar-refractivity contribution in [2.24, 2.45) is 0 Å². The number of anilines is 1. The fourth-order valence-corrected chi connectivity index (χ4v) is 5.34. The number of ketones is 1. The van der Waals surface area contributed by atoms with Gasteiger partial charge in [-0.05, 0) is 42.0 Å². The van der Waals surface area contributed by atoms with Crippen LogP contribution in [0.25, 0.3) is 0 Å². The molecule has 7 heteroatoms. The second-order valence-electron chi connectivity index (χ2n) is 8.97. The minimum Gasteiger partial charge on any atom is -0.497 e. The average Bonchev–Trinajstić information content (AvgIpc) is 2.87. The summed E-state index contributed by atoms with van der Waals surface area (Å²) >= 11 is 1.29. The van der Waals surface area contributed by atoms with Gasteiger partial charge in [0.1, 0.15) is 5.75 Å². The van der Waals surface area contributed by atoms with E-state index in [0.29, 0.717) is 40.0 Å². The van der Waals surface area contributed by atoms with Gasteiger partial charge in [0.2, 0.25) is 5.91 Å². The van der Waals surface area contributed by atoms with Gasteiger partial charge in [-0.25, -0.2) is 0 Å². The van der Waals surface area contributed by atoms with Crippen LogP contribution in [0.5, 0.6) is 5.75 Å². The van der Waals surface area contributed by atoms with Crippen LogP contribution in [0.1, 0.15) is 56.1 Å². The largest absolute Gasteiger partial charge is 0.497 e. The average molecular weight is 488 g/mol. The summed E-state index contributed by atoms with van der Waals surface area (Å²) in [6.07, 6.45) is 2.02. The molecule has 2 aromatic rings. The molecule has 0 radical (unpaired) electrons. The van der Waals surface area contributed by atoms with Gasteiger partial charge in [-0.3, -0.25) is 9.59 Å². The minimum absolute atomic E-state index is 0.0873. The van der Waals surface area contributed by atoms with E-state index in [0.717, 1.165) is 24.1 Å². The standard InChI is InChI=1S/C28H29N3O3S/c1-17(2)18-10-12-19(13-11-18)26-22(15-29)28(31-23-8-5-9-24(32)27(23)26)35-16-25(33)30-20-6-4-7-21(14-20)34-3/h4,6-7,10-14,17,26,31H,5,8-9,16H2,1-3H3,(H,30,33)/t26-/m1/s1. The molecule has 0 fully saturated rings. The fraction of sp³-hybridized carbons (Fsp3) is 0.321. The lowest BCUT2D eigenvalue weighted by molar-refractivity contribution is -0.116. The minimum atomic E-state index is -0.422. The van der Waals surface area contributed by atoms with Crippen LogP contribution in [0.15, 0.2) is 70.4 Å². The Morgan fingerprint density at radius 3 is 2.69 bits per heavy atom. The Morgan fingerprint density at radius 1 is 1.23 bits per heavy atom. The molecule has 0 saturated carbocycles. The number of dihydropyridines is 1. The van der Waals surface area contributed by atoms with E-state index in [1.54, 1.807) is 19.2 Å². The van der Waals surface area contributed by atoms with Crippen LogP contribution in [-0.2, 0) is 9.59 Å². The number of Topliss-reactive ketones (excluding diaryl/α,β-unsaturated/α-hetero) is 1. The highest BCUT2D eigenvalue weighted by molar-refractivity contribution is 8.03. The molecule has 0 bridgehead atoms. The molecule has 2 aromatic carbocycles. The van der Waals surface area contributed by atoms with Crippen molar-refractivity contribution < 1.29 is 14.3 Å². The molecule has 1 heterocycles. The van der Waals surface area contributed by atoms with Gasteiger partial charge in [0.15, 0.2) is 5.78 Å². The van der Waals surface area contributed by atoms with Crippen LogP contribution >= 0.6 is 11.8 Å². The fourth-order valence-electron chi connectivity index (χ4n) is 4.48. The Hall–Kier alpha value is -3.50. The third kappa shape index (κ3) is 5.44. The number of nitriles is 1. The van der Waals surface area contributed by atoms with Gasteiger partial charge < -0.3 is 15.4 Å². The maximum atomic E-state index is 13.0. The summed E-state index contributed by atoms with van der Waals surface area (Å²) in [7, 11) is 1.58. The number of carbonyl (C=O) groups excluding carboxylic acids is 2. The van der Waals surface area contributed by atoms with Crippen molar-refractivity contribution in [1.82, 2.24) is 5.32 Å². The normalized spacial score (nSPS) is 17.6. The highest BCUT2D eigenvalue weighted by atomic mass is 32.2. The maximum Gasteiger partial charge on any atom is 0.234 e. The van der Waals surface area contributed by atoms with Crippen LogP contribution in [-0.4, -0.2) is 24.6 Å². The van der Waals surface area contributed by atoms with Crippen molar-refractivity contribution in [3.8, 4) is 11.8 Å². The molecular formula is C28H29N3O3S. The zero-order valence-corrected chi connectivity index (χ0v) is 21.0. The van der Waals surface area contributed by atoms with Gasteiger partial charge in [-0.1, -0.05) is 55.9 Å². The van der Waals surface area contributed by atoms with Gasteiger partial charge in [0.05, 0.1) is 35.5 Å². The summed E-state index contributed by atoms with van der Waals surface area (Å²) in [4.78, 5) is 25.6. The van der Waals surface area contributed by atoms with Crippen LogP contribution < -0.4 is 15.4 Å². The summed E-state index contributed by atoms with van der Waals surface area (Å²) in [5.41, 5.74) is 4.82. The topological polar surface area (TPSA) is 91.2 Å². The van der Waals surface area contributed by atoms with E-state index < -0.39 is 5.92 Å². The SMILES string of the molecule is COc1cccc(NC(=O)CSC2=C(C#N)[C@@H](c3ccc(C(C)C)cc3)C3=C(CCCC3=O)N2)c1. The van der Waals surface area contributed by atoms with Gasteiger partial charge in [-0.2, -0.15) is 5.26 Å². The Labute approximate surface area is 210 Å². The lowest BCUT2D eigenvalue weighted by Gasteiger charge is -2.33. The molecular weight excluding hydrogens is 458 g/mol. The van der Waals surface area contributed by atoms with Crippen molar-refractivity contribution >= 4 is 29.1 Å². The third-order valence-electron chi connectivity index (χ3n) is 6.30. The molecule has 1 aliphatic heterocycles. The zero-order chi connectivity index (χ0) is 24.9. The number of rotatable bonds is 7. The molecule has 0 spiro atoms. The molecule has 2 aliphatic rings. The Balaban J connectivity index is 1.60. The molecule has 0 saturated heterocycles. The molecule has 1 amide bonds. The Morgan fingerprint density at radius 2 is 2.00 bits per heavy atom. The number of carbonyl (C=O) groups is 2.